The Morgan fingerprint density at radius 2 is 2.05 bits per heavy atom. The molecule has 2 aromatic carbocycles. The van der Waals surface area contributed by atoms with Crippen LogP contribution in [0.1, 0.15) is 11.6 Å². The van der Waals surface area contributed by atoms with E-state index in [1.165, 1.54) is 15.4 Å². The maximum absolute atomic E-state index is 6.15. The fourth-order valence-corrected chi connectivity index (χ4v) is 4.00. The van der Waals surface area contributed by atoms with Crippen molar-refractivity contribution in [2.24, 2.45) is 10.7 Å². The smallest absolute Gasteiger partial charge is 0.196 e. The molecule has 2 aliphatic rings. The summed E-state index contributed by atoms with van der Waals surface area (Å²) in [5, 5.41) is 0. The van der Waals surface area contributed by atoms with Gasteiger partial charge in [-0.25, -0.2) is 0 Å². The Bertz CT molecular complexity index is 750. The molecule has 0 aromatic heterocycles. The van der Waals surface area contributed by atoms with E-state index in [9.17, 15) is 0 Å². The molecule has 2 heterocycles. The Kier molecular flexibility index (Phi) is 4.06. The second kappa shape index (κ2) is 5.85. The molecule has 2 N–H and O–H groups in total. The average Bonchev–Trinajstić information content (AvgIpc) is 2.83. The van der Waals surface area contributed by atoms with Gasteiger partial charge < -0.3 is 15.4 Å². The second-order valence-electron chi connectivity index (χ2n) is 5.06. The quantitative estimate of drug-likeness (QED) is 0.824. The van der Waals surface area contributed by atoms with E-state index in [1.54, 1.807) is 18.9 Å². The van der Waals surface area contributed by atoms with E-state index in [1.807, 2.05) is 12.1 Å². The molecule has 0 saturated carbocycles. The molecule has 0 aliphatic carbocycles. The topological polar surface area (TPSA) is 50.9 Å². The van der Waals surface area contributed by atoms with Crippen LogP contribution in [0.2, 0.25) is 0 Å². The van der Waals surface area contributed by atoms with Crippen molar-refractivity contribution < 1.29 is 4.74 Å². The highest BCUT2D eigenvalue weighted by Crippen LogP contribution is 2.47. The number of benzene rings is 2. The molecule has 0 spiro atoms. The van der Waals surface area contributed by atoms with Crippen LogP contribution in [-0.4, -0.2) is 19.6 Å². The lowest BCUT2D eigenvalue weighted by Crippen LogP contribution is -2.36. The molecule has 1 atom stereocenters. The zero-order valence-electron chi connectivity index (χ0n) is 12.0. The number of halogens is 1. The number of methoxy groups -OCH3 is 1. The van der Waals surface area contributed by atoms with E-state index in [0.717, 1.165) is 11.4 Å². The first-order chi connectivity index (χ1) is 10.3. The zero-order chi connectivity index (χ0) is 14.4. The molecule has 0 bridgehead atoms. The Balaban J connectivity index is 0.00000144. The minimum absolute atomic E-state index is 0. The summed E-state index contributed by atoms with van der Waals surface area (Å²) in [5.74, 6) is 1.41. The van der Waals surface area contributed by atoms with Crippen LogP contribution in [0.25, 0.3) is 0 Å². The van der Waals surface area contributed by atoms with Gasteiger partial charge in [0.05, 0.1) is 25.4 Å². The third-order valence-electron chi connectivity index (χ3n) is 3.91. The van der Waals surface area contributed by atoms with Gasteiger partial charge in [0.1, 0.15) is 5.75 Å². The second-order valence-corrected chi connectivity index (χ2v) is 6.14. The Morgan fingerprint density at radius 1 is 1.23 bits per heavy atom. The van der Waals surface area contributed by atoms with Crippen molar-refractivity contribution in [2.45, 2.75) is 15.8 Å². The molecular weight excluding hydrogens is 362 g/mol. The number of rotatable bonds is 1. The summed E-state index contributed by atoms with van der Waals surface area (Å²) in [4.78, 5) is 9.00. The lowest BCUT2D eigenvalue weighted by Gasteiger charge is -2.26. The largest absolute Gasteiger partial charge is 0.497 e. The maximum atomic E-state index is 6.15. The zero-order valence-corrected chi connectivity index (χ0v) is 14.6. The first kappa shape index (κ1) is 15.2. The van der Waals surface area contributed by atoms with Gasteiger partial charge in [0.2, 0.25) is 0 Å². The predicted molar refractivity (Wildman–Crippen MR) is 95.6 cm³/mol. The number of fused-ring (bicyclic) bond motifs is 5. The predicted octanol–water partition coefficient (Wildman–Crippen LogP) is 3.61. The first-order valence-corrected chi connectivity index (χ1v) is 7.63. The van der Waals surface area contributed by atoms with E-state index >= 15 is 0 Å². The highest BCUT2D eigenvalue weighted by molar-refractivity contribution is 8.93. The van der Waals surface area contributed by atoms with Crippen molar-refractivity contribution in [3.63, 3.8) is 0 Å². The number of guanidine groups is 1. The number of nitrogens with two attached hydrogens (primary N) is 1. The van der Waals surface area contributed by atoms with E-state index in [0.29, 0.717) is 12.5 Å². The number of anilines is 1. The van der Waals surface area contributed by atoms with Gasteiger partial charge in [0, 0.05) is 15.9 Å². The van der Waals surface area contributed by atoms with E-state index in [2.05, 4.69) is 40.2 Å². The molecule has 0 radical (unpaired) electrons. The average molecular weight is 378 g/mol. The Labute approximate surface area is 144 Å². The fraction of sp³-hybridized carbons (Fsp3) is 0.188. The highest BCUT2D eigenvalue weighted by Gasteiger charge is 2.34. The molecular formula is C16H16BrN3OS. The van der Waals surface area contributed by atoms with Crippen LogP contribution < -0.4 is 15.4 Å². The standard InChI is InChI=1S/C16H15N3OS.BrH/c1-20-10-6-7-15-12(8-10)19-13(9-18-16(19)17)11-4-2-3-5-14(11)21-15;/h2-8,13H,9H2,1H3,(H2,17,18);1H. The van der Waals surface area contributed by atoms with Crippen molar-refractivity contribution in [3.8, 4) is 5.75 Å². The molecule has 22 heavy (non-hydrogen) atoms. The van der Waals surface area contributed by atoms with Crippen LogP contribution in [0.4, 0.5) is 5.69 Å². The maximum Gasteiger partial charge on any atom is 0.196 e. The lowest BCUT2D eigenvalue weighted by atomic mass is 10.1. The number of nitrogens with zero attached hydrogens (tertiary/aromatic N) is 2. The van der Waals surface area contributed by atoms with Gasteiger partial charge in [-0.2, -0.15) is 0 Å². The molecule has 2 aromatic rings. The summed E-state index contributed by atoms with van der Waals surface area (Å²) in [5.41, 5.74) is 8.50. The fourth-order valence-electron chi connectivity index (χ4n) is 2.89. The minimum Gasteiger partial charge on any atom is -0.497 e. The molecule has 1 unspecified atom stereocenters. The van der Waals surface area contributed by atoms with Crippen LogP contribution >= 0.6 is 28.7 Å². The van der Waals surface area contributed by atoms with Gasteiger partial charge in [0.25, 0.3) is 0 Å². The summed E-state index contributed by atoms with van der Waals surface area (Å²) in [7, 11) is 1.68. The molecule has 2 aliphatic heterocycles. The Morgan fingerprint density at radius 3 is 2.86 bits per heavy atom. The minimum atomic E-state index is 0. The summed E-state index contributed by atoms with van der Waals surface area (Å²) in [6.07, 6.45) is 0. The Hall–Kier alpha value is -1.66. The van der Waals surface area contributed by atoms with Gasteiger partial charge in [-0.1, -0.05) is 30.0 Å². The van der Waals surface area contributed by atoms with E-state index < -0.39 is 0 Å². The van der Waals surface area contributed by atoms with Gasteiger partial charge in [-0.3, -0.25) is 4.99 Å². The lowest BCUT2D eigenvalue weighted by molar-refractivity contribution is 0.414. The van der Waals surface area contributed by atoms with Crippen molar-refractivity contribution in [3.05, 3.63) is 48.0 Å². The highest BCUT2D eigenvalue weighted by atomic mass is 79.9. The van der Waals surface area contributed by atoms with Crippen molar-refractivity contribution in [1.82, 2.24) is 0 Å². The van der Waals surface area contributed by atoms with Gasteiger partial charge >= 0.3 is 0 Å². The van der Waals surface area contributed by atoms with Crippen molar-refractivity contribution >= 4 is 40.4 Å². The molecule has 0 saturated heterocycles. The van der Waals surface area contributed by atoms with E-state index in [4.69, 9.17) is 10.5 Å². The van der Waals surface area contributed by atoms with Gasteiger partial charge in [-0.15, -0.1) is 17.0 Å². The summed E-state index contributed by atoms with van der Waals surface area (Å²) in [6, 6.07) is 14.7. The van der Waals surface area contributed by atoms with Crippen molar-refractivity contribution in [2.75, 3.05) is 18.6 Å². The number of hydrogen-bond donors (Lipinski definition) is 1. The third kappa shape index (κ3) is 2.27. The number of hydrogen-bond acceptors (Lipinski definition) is 5. The summed E-state index contributed by atoms with van der Waals surface area (Å²) < 4.78 is 5.37. The summed E-state index contributed by atoms with van der Waals surface area (Å²) in [6.45, 7) is 0.695. The molecule has 0 amide bonds. The van der Waals surface area contributed by atoms with Crippen LogP contribution in [0.3, 0.4) is 0 Å². The normalized spacial score (nSPS) is 18.3. The molecule has 6 heteroatoms. The van der Waals surface area contributed by atoms with E-state index in [-0.39, 0.29) is 23.0 Å². The van der Waals surface area contributed by atoms with Gasteiger partial charge in [0.15, 0.2) is 5.96 Å². The van der Waals surface area contributed by atoms with Crippen LogP contribution in [0.5, 0.6) is 5.75 Å². The molecule has 114 valence electrons. The van der Waals surface area contributed by atoms with Crippen molar-refractivity contribution in [1.29, 1.82) is 0 Å². The molecule has 0 fully saturated rings. The summed E-state index contributed by atoms with van der Waals surface area (Å²) >= 11 is 1.77. The number of ether oxygens (including phenoxy) is 1. The first-order valence-electron chi connectivity index (χ1n) is 6.82. The SMILES string of the molecule is Br.COc1ccc2c(c1)N1C(N)=NCC1c1ccccc1S2. The van der Waals surface area contributed by atoms with Crippen LogP contribution in [-0.2, 0) is 0 Å². The van der Waals surface area contributed by atoms with Crippen LogP contribution in [0, 0.1) is 0 Å². The molecule has 4 rings (SSSR count). The third-order valence-corrected chi connectivity index (χ3v) is 5.07. The number of aliphatic imine (C=N–C) groups is 1. The van der Waals surface area contributed by atoms with Crippen LogP contribution in [0.15, 0.2) is 57.2 Å². The molecule has 4 nitrogen and oxygen atoms in total. The van der Waals surface area contributed by atoms with Gasteiger partial charge in [-0.05, 0) is 23.8 Å². The monoisotopic (exact) mass is 377 g/mol.